The molecule has 39 heavy (non-hydrogen) atoms. The predicted molar refractivity (Wildman–Crippen MR) is 154 cm³/mol. The van der Waals surface area contributed by atoms with Crippen molar-refractivity contribution in [3.63, 3.8) is 0 Å². The van der Waals surface area contributed by atoms with E-state index in [0.717, 1.165) is 16.3 Å². The molecule has 3 aromatic heterocycles. The average molecular weight is 528 g/mol. The van der Waals surface area contributed by atoms with Crippen molar-refractivity contribution in [1.82, 2.24) is 19.3 Å². The van der Waals surface area contributed by atoms with Crippen LogP contribution in [0.2, 0.25) is 0 Å². The van der Waals surface area contributed by atoms with Crippen molar-refractivity contribution in [2.75, 3.05) is 23.0 Å². The van der Waals surface area contributed by atoms with Gasteiger partial charge in [0.05, 0.1) is 22.3 Å². The fourth-order valence-electron chi connectivity index (χ4n) is 4.68. The number of nitrogens with one attached hydrogen (secondary N) is 3. The highest BCUT2D eigenvalue weighted by atomic mass is 19.1. The van der Waals surface area contributed by atoms with Crippen LogP contribution in [-0.4, -0.2) is 32.4 Å². The van der Waals surface area contributed by atoms with E-state index >= 15 is 4.39 Å². The van der Waals surface area contributed by atoms with Gasteiger partial charge >= 0.3 is 6.03 Å². The molecule has 3 N–H and O–H groups in total. The van der Waals surface area contributed by atoms with Crippen molar-refractivity contribution in [3.8, 4) is 11.1 Å². The molecule has 0 unspecified atom stereocenters. The van der Waals surface area contributed by atoms with Gasteiger partial charge in [-0.2, -0.15) is 5.10 Å². The normalized spacial score (nSPS) is 11.7. The van der Waals surface area contributed by atoms with E-state index in [9.17, 15) is 9.59 Å². The molecule has 200 valence electrons. The molecule has 0 saturated carbocycles. The number of pyridine rings is 2. The zero-order chi connectivity index (χ0) is 28.1. The van der Waals surface area contributed by atoms with Crippen molar-refractivity contribution in [3.05, 3.63) is 76.5 Å². The summed E-state index contributed by atoms with van der Waals surface area (Å²) in [6.07, 6.45) is 1.68. The second-order valence-electron chi connectivity index (χ2n) is 10.5. The Kier molecular flexibility index (Phi) is 6.33. The van der Waals surface area contributed by atoms with Gasteiger partial charge in [-0.3, -0.25) is 14.8 Å². The lowest BCUT2D eigenvalue weighted by Gasteiger charge is -2.20. The van der Waals surface area contributed by atoms with Gasteiger partial charge in [0.15, 0.2) is 5.82 Å². The second-order valence-corrected chi connectivity index (χ2v) is 10.5. The topological polar surface area (TPSA) is 106 Å². The molecule has 0 spiro atoms. The number of amides is 2. The number of urea groups is 1. The van der Waals surface area contributed by atoms with Gasteiger partial charge in [-0.1, -0.05) is 12.1 Å². The van der Waals surface area contributed by atoms with Crippen LogP contribution in [-0.2, 0) is 12.6 Å². The van der Waals surface area contributed by atoms with E-state index in [-0.39, 0.29) is 16.8 Å². The average Bonchev–Trinajstić information content (AvgIpc) is 3.26. The fraction of sp³-hybridized carbons (Fsp3) is 0.241. The van der Waals surface area contributed by atoms with Crippen molar-refractivity contribution in [2.45, 2.75) is 33.2 Å². The monoisotopic (exact) mass is 527 g/mol. The summed E-state index contributed by atoms with van der Waals surface area (Å²) in [5.41, 5.74) is 2.40. The number of nitrogens with zero attached hydrogens (tertiary/aromatic N) is 4. The van der Waals surface area contributed by atoms with Gasteiger partial charge in [0, 0.05) is 42.7 Å². The van der Waals surface area contributed by atoms with Gasteiger partial charge in [-0.15, -0.1) is 0 Å². The highest BCUT2D eigenvalue weighted by Crippen LogP contribution is 2.31. The van der Waals surface area contributed by atoms with Gasteiger partial charge in [-0.05, 0) is 69.2 Å². The van der Waals surface area contributed by atoms with E-state index in [1.807, 2.05) is 49.7 Å². The van der Waals surface area contributed by atoms with Crippen molar-refractivity contribution < 1.29 is 9.18 Å². The molecule has 9 nitrogen and oxygen atoms in total. The van der Waals surface area contributed by atoms with Crippen LogP contribution in [0.25, 0.3) is 32.9 Å². The Bertz CT molecular complexity index is 1820. The number of halogens is 1. The lowest BCUT2D eigenvalue weighted by atomic mass is 9.99. The number of carbonyl (C=O) groups is 1. The summed E-state index contributed by atoms with van der Waals surface area (Å²) in [6, 6.07) is 13.2. The molecular formula is C29H30FN7O2. The molecule has 5 rings (SSSR count). The molecule has 0 aliphatic rings. The van der Waals surface area contributed by atoms with Gasteiger partial charge in [0.25, 0.3) is 5.56 Å². The maximum atomic E-state index is 15.0. The third-order valence-corrected chi connectivity index (χ3v) is 6.67. The number of hydrogen-bond donors (Lipinski definition) is 3. The minimum atomic E-state index is -0.650. The summed E-state index contributed by atoms with van der Waals surface area (Å²) in [6.45, 7) is 7.78. The standard InChI is InChI=1S/C29H30FN7O2/c1-16-11-21(30)22(13-19(16)20-12-17-15-32-25(31-5)14-24(17)36(6)27(20)38)33-28(39)34-26-18-9-7-8-10-23(18)37(35-26)29(2,3)4/h7-15H,1-6H3,(H,31,32)(H2,33,34,35,39). The maximum Gasteiger partial charge on any atom is 0.324 e. The molecule has 5 aromatic rings. The Morgan fingerprint density at radius 1 is 1.00 bits per heavy atom. The lowest BCUT2D eigenvalue weighted by Crippen LogP contribution is -2.24. The van der Waals surface area contributed by atoms with Crippen LogP contribution in [0.1, 0.15) is 26.3 Å². The van der Waals surface area contributed by atoms with Crippen LogP contribution in [0.15, 0.2) is 59.5 Å². The first-order valence-corrected chi connectivity index (χ1v) is 12.5. The summed E-state index contributed by atoms with van der Waals surface area (Å²) in [7, 11) is 3.44. The summed E-state index contributed by atoms with van der Waals surface area (Å²) in [5, 5.41) is 14.4. The van der Waals surface area contributed by atoms with Gasteiger partial charge < -0.3 is 15.2 Å². The highest BCUT2D eigenvalue weighted by Gasteiger charge is 2.22. The first-order chi connectivity index (χ1) is 18.5. The molecule has 0 atom stereocenters. The molecular weight excluding hydrogens is 497 g/mol. The second kappa shape index (κ2) is 9.54. The van der Waals surface area contributed by atoms with Crippen molar-refractivity contribution >= 4 is 45.2 Å². The van der Waals surface area contributed by atoms with Crippen molar-refractivity contribution in [2.24, 2.45) is 7.05 Å². The number of para-hydroxylation sites is 1. The number of aromatic nitrogens is 4. The van der Waals surface area contributed by atoms with Crippen LogP contribution < -0.4 is 21.5 Å². The molecule has 0 bridgehead atoms. The minimum absolute atomic E-state index is 0.0570. The van der Waals surface area contributed by atoms with Crippen LogP contribution in [0.4, 0.5) is 26.5 Å². The number of benzene rings is 2. The van der Waals surface area contributed by atoms with Crippen LogP contribution in [0.5, 0.6) is 0 Å². The summed E-state index contributed by atoms with van der Waals surface area (Å²) in [5.74, 6) is 0.387. The number of anilines is 3. The van der Waals surface area contributed by atoms with Crippen molar-refractivity contribution in [1.29, 1.82) is 0 Å². The Labute approximate surface area is 224 Å². The third kappa shape index (κ3) is 4.69. The Balaban J connectivity index is 1.50. The molecule has 0 aliphatic heterocycles. The summed E-state index contributed by atoms with van der Waals surface area (Å²) >= 11 is 0. The molecule has 2 aromatic carbocycles. The lowest BCUT2D eigenvalue weighted by molar-refractivity contribution is 0.262. The minimum Gasteiger partial charge on any atom is -0.373 e. The van der Waals surface area contributed by atoms with E-state index in [1.54, 1.807) is 39.3 Å². The Hall–Kier alpha value is -4.73. The largest absolute Gasteiger partial charge is 0.373 e. The van der Waals surface area contributed by atoms with Gasteiger partial charge in [0.1, 0.15) is 11.6 Å². The van der Waals surface area contributed by atoms with Gasteiger partial charge in [-0.25, -0.2) is 14.2 Å². The molecule has 0 radical (unpaired) electrons. The smallest absolute Gasteiger partial charge is 0.324 e. The predicted octanol–water partition coefficient (Wildman–Crippen LogP) is 5.84. The number of hydrogen-bond acceptors (Lipinski definition) is 5. The number of aryl methyl sites for hydroxylation is 2. The Morgan fingerprint density at radius 3 is 2.46 bits per heavy atom. The molecule has 3 heterocycles. The maximum absolute atomic E-state index is 15.0. The number of carbonyl (C=O) groups excluding carboxylic acids is 1. The SMILES string of the molecule is CNc1cc2c(cn1)cc(-c1cc(NC(=O)Nc3nn(C(C)(C)C)c4ccccc34)c(F)cc1C)c(=O)n2C. The molecule has 2 amide bonds. The van der Waals surface area contributed by atoms with Crippen LogP contribution in [0, 0.1) is 12.7 Å². The third-order valence-electron chi connectivity index (χ3n) is 6.67. The highest BCUT2D eigenvalue weighted by molar-refractivity contribution is 6.05. The van der Waals surface area contributed by atoms with E-state index in [0.29, 0.717) is 33.8 Å². The number of fused-ring (bicyclic) bond motifs is 2. The zero-order valence-corrected chi connectivity index (χ0v) is 22.7. The van der Waals surface area contributed by atoms with Crippen LogP contribution in [0.3, 0.4) is 0 Å². The number of rotatable bonds is 4. The first-order valence-electron chi connectivity index (χ1n) is 12.5. The van der Waals surface area contributed by atoms with E-state index < -0.39 is 11.8 Å². The summed E-state index contributed by atoms with van der Waals surface area (Å²) in [4.78, 5) is 30.7. The van der Waals surface area contributed by atoms with Crippen LogP contribution >= 0.6 is 0 Å². The van der Waals surface area contributed by atoms with Gasteiger partial charge in [0.2, 0.25) is 0 Å². The van der Waals surface area contributed by atoms with E-state index in [4.69, 9.17) is 0 Å². The zero-order valence-electron chi connectivity index (χ0n) is 22.7. The summed E-state index contributed by atoms with van der Waals surface area (Å²) < 4.78 is 18.4. The molecule has 10 heteroatoms. The van der Waals surface area contributed by atoms with E-state index in [1.165, 1.54) is 16.7 Å². The first kappa shape index (κ1) is 25.9. The Morgan fingerprint density at radius 2 is 1.74 bits per heavy atom. The quantitative estimate of drug-likeness (QED) is 0.272. The van der Waals surface area contributed by atoms with E-state index in [2.05, 4.69) is 26.0 Å². The molecule has 0 saturated heterocycles. The molecule has 0 aliphatic carbocycles. The molecule has 0 fully saturated rings. The fourth-order valence-corrected chi connectivity index (χ4v) is 4.68.